The van der Waals surface area contributed by atoms with Gasteiger partial charge in [0, 0.05) is 19.6 Å². The molecule has 0 radical (unpaired) electrons. The highest BCUT2D eigenvalue weighted by Crippen LogP contribution is 2.20. The number of rotatable bonds is 5. The van der Waals surface area contributed by atoms with E-state index in [-0.39, 0.29) is 6.54 Å². The lowest BCUT2D eigenvalue weighted by Gasteiger charge is -2.28. The minimum absolute atomic E-state index is 0.278. The molecule has 0 amide bonds. The van der Waals surface area contributed by atoms with Crippen molar-refractivity contribution in [2.24, 2.45) is 0 Å². The van der Waals surface area contributed by atoms with Gasteiger partial charge in [0.15, 0.2) is 6.10 Å². The summed E-state index contributed by atoms with van der Waals surface area (Å²) in [6.07, 6.45) is -0.877. The average Bonchev–Trinajstić information content (AvgIpc) is 2.51. The maximum atomic E-state index is 12.2. The van der Waals surface area contributed by atoms with Crippen molar-refractivity contribution in [1.82, 2.24) is 9.03 Å². The molecule has 0 spiro atoms. The average molecular weight is 314 g/mol. The molecule has 1 heterocycles. The fourth-order valence-electron chi connectivity index (χ4n) is 2.17. The van der Waals surface area contributed by atoms with E-state index in [0.717, 1.165) is 18.2 Å². The van der Waals surface area contributed by atoms with Gasteiger partial charge in [0.2, 0.25) is 0 Å². The van der Waals surface area contributed by atoms with Gasteiger partial charge in [-0.15, -0.1) is 0 Å². The lowest BCUT2D eigenvalue weighted by molar-refractivity contribution is -0.149. The molecule has 0 saturated carbocycles. The number of benzene rings is 1. The first-order chi connectivity index (χ1) is 9.94. The number of nitrogens with one attached hydrogen (secondary N) is 1. The molecule has 0 aromatic heterocycles. The van der Waals surface area contributed by atoms with Gasteiger partial charge in [-0.05, 0) is 17.5 Å². The van der Waals surface area contributed by atoms with Crippen LogP contribution in [0, 0.1) is 0 Å². The summed E-state index contributed by atoms with van der Waals surface area (Å²) in [5, 5.41) is 9.42. The van der Waals surface area contributed by atoms with Crippen LogP contribution in [-0.4, -0.2) is 50.1 Å². The molecule has 116 valence electrons. The topological polar surface area (TPSA) is 95.9 Å². The van der Waals surface area contributed by atoms with Crippen molar-refractivity contribution in [2.75, 3.05) is 20.2 Å². The number of esters is 1. The first-order valence-corrected chi connectivity index (χ1v) is 7.95. The highest BCUT2D eigenvalue weighted by Gasteiger charge is 2.27. The van der Waals surface area contributed by atoms with E-state index < -0.39 is 28.8 Å². The van der Waals surface area contributed by atoms with Crippen LogP contribution in [0.2, 0.25) is 0 Å². The van der Waals surface area contributed by atoms with Gasteiger partial charge in [-0.3, -0.25) is 0 Å². The number of methoxy groups -OCH3 is 1. The fourth-order valence-corrected chi connectivity index (χ4v) is 3.36. The summed E-state index contributed by atoms with van der Waals surface area (Å²) in [5.41, 5.74) is 2.10. The van der Waals surface area contributed by atoms with E-state index in [1.54, 1.807) is 0 Å². The highest BCUT2D eigenvalue weighted by molar-refractivity contribution is 7.87. The minimum Gasteiger partial charge on any atom is -0.467 e. The molecular weight excluding hydrogens is 296 g/mol. The Balaban J connectivity index is 2.00. The molecule has 1 aliphatic rings. The van der Waals surface area contributed by atoms with Crippen LogP contribution in [0.5, 0.6) is 0 Å². The number of fused-ring (bicyclic) bond motifs is 1. The lowest BCUT2D eigenvalue weighted by atomic mass is 10.0. The Labute approximate surface area is 123 Å². The molecule has 8 heteroatoms. The zero-order valence-corrected chi connectivity index (χ0v) is 12.5. The molecule has 21 heavy (non-hydrogen) atoms. The summed E-state index contributed by atoms with van der Waals surface area (Å²) >= 11 is 0. The number of carbonyl (C=O) groups excluding carboxylic acids is 1. The Morgan fingerprint density at radius 3 is 2.76 bits per heavy atom. The smallest absolute Gasteiger partial charge is 0.336 e. The number of aliphatic hydroxyl groups is 1. The first kappa shape index (κ1) is 15.9. The van der Waals surface area contributed by atoms with Crippen molar-refractivity contribution in [3.8, 4) is 0 Å². The second-order valence-electron chi connectivity index (χ2n) is 4.74. The van der Waals surface area contributed by atoms with Crippen LogP contribution in [0.25, 0.3) is 0 Å². The number of nitrogens with zero attached hydrogens (tertiary/aromatic N) is 1. The van der Waals surface area contributed by atoms with E-state index in [1.807, 2.05) is 24.3 Å². The molecule has 0 bridgehead atoms. The van der Waals surface area contributed by atoms with Crippen molar-refractivity contribution < 1.29 is 23.1 Å². The third kappa shape index (κ3) is 3.79. The van der Waals surface area contributed by atoms with Crippen molar-refractivity contribution in [2.45, 2.75) is 19.1 Å². The van der Waals surface area contributed by atoms with Crippen molar-refractivity contribution in [3.05, 3.63) is 35.4 Å². The van der Waals surface area contributed by atoms with E-state index in [4.69, 9.17) is 0 Å². The summed E-state index contributed by atoms with van der Waals surface area (Å²) in [6.45, 7) is 0.230. The molecule has 1 unspecified atom stereocenters. The summed E-state index contributed by atoms with van der Waals surface area (Å²) in [6, 6.07) is 7.66. The second kappa shape index (κ2) is 6.52. The van der Waals surface area contributed by atoms with Gasteiger partial charge in [-0.25, -0.2) is 4.79 Å². The Morgan fingerprint density at radius 1 is 1.43 bits per heavy atom. The Bertz CT molecular complexity index is 617. The minimum atomic E-state index is -3.75. The predicted octanol–water partition coefficient (Wildman–Crippen LogP) is -0.587. The van der Waals surface area contributed by atoms with Gasteiger partial charge in [0.05, 0.1) is 7.11 Å². The van der Waals surface area contributed by atoms with Crippen LogP contribution in [-0.2, 0) is 32.7 Å². The molecule has 2 N–H and O–H groups in total. The predicted molar refractivity (Wildman–Crippen MR) is 75.5 cm³/mol. The van der Waals surface area contributed by atoms with Crippen molar-refractivity contribution in [1.29, 1.82) is 0 Å². The molecule has 0 fully saturated rings. The highest BCUT2D eigenvalue weighted by atomic mass is 32.2. The molecule has 0 saturated heterocycles. The monoisotopic (exact) mass is 314 g/mol. The Kier molecular flexibility index (Phi) is 4.94. The van der Waals surface area contributed by atoms with Crippen LogP contribution in [0.3, 0.4) is 0 Å². The fraction of sp³-hybridized carbons (Fsp3) is 0.462. The zero-order chi connectivity index (χ0) is 15.5. The number of ether oxygens (including phenoxy) is 1. The SMILES string of the molecule is COC(=O)C(O)CNS(=O)(=O)N1CCc2ccccc2C1. The Hall–Kier alpha value is -1.48. The molecule has 1 atom stereocenters. The largest absolute Gasteiger partial charge is 0.467 e. The maximum absolute atomic E-state index is 12.2. The molecule has 1 aliphatic heterocycles. The van der Waals surface area contributed by atoms with Crippen LogP contribution in [0.15, 0.2) is 24.3 Å². The second-order valence-corrected chi connectivity index (χ2v) is 6.50. The third-order valence-electron chi connectivity index (χ3n) is 3.37. The number of hydrogen-bond donors (Lipinski definition) is 2. The molecular formula is C13H18N2O5S. The summed E-state index contributed by atoms with van der Waals surface area (Å²) in [5.74, 6) is -0.873. The van der Waals surface area contributed by atoms with Crippen LogP contribution >= 0.6 is 0 Å². The molecule has 0 aliphatic carbocycles. The number of aliphatic hydroxyl groups excluding tert-OH is 1. The van der Waals surface area contributed by atoms with E-state index in [2.05, 4.69) is 9.46 Å². The standard InChI is InChI=1S/C13H18N2O5S/c1-20-13(17)12(16)8-14-21(18,19)15-7-6-10-4-2-3-5-11(10)9-15/h2-5,12,14,16H,6-9H2,1H3. The van der Waals surface area contributed by atoms with Gasteiger partial charge < -0.3 is 9.84 Å². The van der Waals surface area contributed by atoms with Gasteiger partial charge >= 0.3 is 5.97 Å². The first-order valence-electron chi connectivity index (χ1n) is 6.51. The normalized spacial score (nSPS) is 17.0. The van der Waals surface area contributed by atoms with E-state index >= 15 is 0 Å². The van der Waals surface area contributed by atoms with E-state index in [9.17, 15) is 18.3 Å². The molecule has 1 aromatic rings. The van der Waals surface area contributed by atoms with Gasteiger partial charge in [-0.2, -0.15) is 17.4 Å². The van der Waals surface area contributed by atoms with Gasteiger partial charge in [-0.1, -0.05) is 24.3 Å². The van der Waals surface area contributed by atoms with Gasteiger partial charge in [0.25, 0.3) is 10.2 Å². The zero-order valence-electron chi connectivity index (χ0n) is 11.7. The number of carbonyl (C=O) groups is 1. The lowest BCUT2D eigenvalue weighted by Crippen LogP contribution is -2.46. The van der Waals surface area contributed by atoms with Crippen LogP contribution in [0.1, 0.15) is 11.1 Å². The third-order valence-corrected chi connectivity index (χ3v) is 4.89. The number of hydrogen-bond acceptors (Lipinski definition) is 5. The van der Waals surface area contributed by atoms with Crippen molar-refractivity contribution >= 4 is 16.2 Å². The van der Waals surface area contributed by atoms with E-state index in [0.29, 0.717) is 13.0 Å². The van der Waals surface area contributed by atoms with Crippen LogP contribution in [0.4, 0.5) is 0 Å². The van der Waals surface area contributed by atoms with Gasteiger partial charge in [0.1, 0.15) is 0 Å². The van der Waals surface area contributed by atoms with Crippen LogP contribution < -0.4 is 4.72 Å². The van der Waals surface area contributed by atoms with E-state index in [1.165, 1.54) is 4.31 Å². The molecule has 2 rings (SSSR count). The summed E-state index contributed by atoms with van der Waals surface area (Å²) < 4.78 is 32.2. The summed E-state index contributed by atoms with van der Waals surface area (Å²) in [4.78, 5) is 11.0. The quantitative estimate of drug-likeness (QED) is 0.709. The maximum Gasteiger partial charge on any atom is 0.336 e. The Morgan fingerprint density at radius 2 is 2.10 bits per heavy atom. The molecule has 7 nitrogen and oxygen atoms in total. The summed E-state index contributed by atoms with van der Waals surface area (Å²) in [7, 11) is -2.62. The molecule has 1 aromatic carbocycles. The van der Waals surface area contributed by atoms with Crippen molar-refractivity contribution in [3.63, 3.8) is 0 Å².